The summed E-state index contributed by atoms with van der Waals surface area (Å²) in [5.74, 6) is -0.233. The zero-order chi connectivity index (χ0) is 22.5. The van der Waals surface area contributed by atoms with Gasteiger partial charge in [-0.3, -0.25) is 10.1 Å². The van der Waals surface area contributed by atoms with E-state index in [9.17, 15) is 9.90 Å². The molecular weight excluding hydrogens is 447 g/mol. The molecule has 3 aromatic carbocycles. The normalized spacial score (nSPS) is 12.1. The van der Waals surface area contributed by atoms with Gasteiger partial charge in [0.15, 0.2) is 0 Å². The lowest BCUT2D eigenvalue weighted by Gasteiger charge is -2.17. The molecule has 4 aromatic rings. The molecule has 7 heteroatoms. The van der Waals surface area contributed by atoms with Gasteiger partial charge < -0.3 is 14.8 Å². The van der Waals surface area contributed by atoms with Crippen molar-refractivity contribution in [1.29, 1.82) is 0 Å². The number of hydrogen-bond donors (Lipinski definition) is 3. The summed E-state index contributed by atoms with van der Waals surface area (Å²) in [6, 6.07) is 19.9. The molecule has 0 bridgehead atoms. The molecule has 1 aromatic heterocycles. The molecule has 32 heavy (non-hydrogen) atoms. The van der Waals surface area contributed by atoms with Gasteiger partial charge in [-0.25, -0.2) is 0 Å². The molecule has 0 radical (unpaired) electrons. The number of aliphatic carboxylic acids is 1. The number of para-hydroxylation sites is 2. The average molecular weight is 469 g/mol. The van der Waals surface area contributed by atoms with Crippen LogP contribution in [0, 0.1) is 0 Å². The second-order valence-electron chi connectivity index (χ2n) is 7.47. The molecule has 0 saturated carbocycles. The summed E-state index contributed by atoms with van der Waals surface area (Å²) in [6.45, 7) is 0.633. The molecule has 0 aliphatic heterocycles. The molecule has 0 amide bonds. The summed E-state index contributed by atoms with van der Waals surface area (Å²) >= 11 is 12.2. The van der Waals surface area contributed by atoms with Crippen molar-refractivity contribution < 1.29 is 14.6 Å². The number of ether oxygens (including phenoxy) is 1. The molecule has 0 saturated heterocycles. The second kappa shape index (κ2) is 10.1. The lowest BCUT2D eigenvalue weighted by Crippen LogP contribution is -2.38. The predicted octanol–water partition coefficient (Wildman–Crippen LogP) is 5.84. The van der Waals surface area contributed by atoms with E-state index < -0.39 is 12.0 Å². The lowest BCUT2D eigenvalue weighted by atomic mass is 10.0. The molecule has 164 valence electrons. The highest BCUT2D eigenvalue weighted by molar-refractivity contribution is 6.35. The van der Waals surface area contributed by atoms with Gasteiger partial charge in [0.05, 0.1) is 0 Å². The van der Waals surface area contributed by atoms with Crippen molar-refractivity contribution in [3.8, 4) is 5.75 Å². The maximum atomic E-state index is 11.9. The Morgan fingerprint density at radius 3 is 2.59 bits per heavy atom. The van der Waals surface area contributed by atoms with Crippen LogP contribution in [0.1, 0.15) is 16.7 Å². The van der Waals surface area contributed by atoms with Crippen molar-refractivity contribution in [3.63, 3.8) is 0 Å². The summed E-state index contributed by atoms with van der Waals surface area (Å²) in [7, 11) is 0. The van der Waals surface area contributed by atoms with Crippen molar-refractivity contribution in [2.75, 3.05) is 0 Å². The number of aromatic amines is 1. The number of H-pyrrole nitrogens is 1. The molecule has 1 heterocycles. The molecule has 0 aliphatic rings. The summed E-state index contributed by atoms with van der Waals surface area (Å²) in [4.78, 5) is 15.1. The minimum atomic E-state index is -0.901. The molecule has 4 rings (SSSR count). The number of fused-ring (bicyclic) bond motifs is 1. The maximum Gasteiger partial charge on any atom is 0.321 e. The number of aromatic nitrogens is 1. The minimum Gasteiger partial charge on any atom is -0.489 e. The average Bonchev–Trinajstić information content (AvgIpc) is 3.19. The van der Waals surface area contributed by atoms with Crippen molar-refractivity contribution in [3.05, 3.63) is 99.7 Å². The lowest BCUT2D eigenvalue weighted by molar-refractivity contribution is -0.139. The molecule has 0 unspecified atom stereocenters. The van der Waals surface area contributed by atoms with Gasteiger partial charge in [-0.1, -0.05) is 65.7 Å². The molecule has 0 spiro atoms. The number of nitrogens with one attached hydrogen (secondary N) is 2. The fraction of sp³-hybridized carbons (Fsp3) is 0.160. The highest BCUT2D eigenvalue weighted by Gasteiger charge is 2.20. The van der Waals surface area contributed by atoms with Crippen LogP contribution >= 0.6 is 23.2 Å². The first-order valence-electron chi connectivity index (χ1n) is 10.2. The molecule has 0 fully saturated rings. The van der Waals surface area contributed by atoms with Crippen LogP contribution in [0.4, 0.5) is 0 Å². The fourth-order valence-electron chi connectivity index (χ4n) is 3.59. The van der Waals surface area contributed by atoms with Crippen LogP contribution in [0.2, 0.25) is 10.0 Å². The van der Waals surface area contributed by atoms with Gasteiger partial charge in [0.2, 0.25) is 0 Å². The summed E-state index contributed by atoms with van der Waals surface area (Å²) in [6.07, 6.45) is 2.23. The number of benzene rings is 3. The van der Waals surface area contributed by atoms with Crippen molar-refractivity contribution in [1.82, 2.24) is 10.3 Å². The number of carboxylic acid groups (broad SMARTS) is 1. The Balaban J connectivity index is 1.44. The number of halogens is 2. The standard InChI is InChI=1S/C25H22Cl2N2O3/c26-19-10-9-17(21(27)12-19)15-32-24-8-4-1-5-16(24)13-29-23(25(30)31)11-18-14-28-22-7-3-2-6-20(18)22/h1-10,12,14,23,28-29H,11,13,15H2,(H,30,31)/t23-/m0/s1. The van der Waals surface area contributed by atoms with E-state index in [0.29, 0.717) is 28.8 Å². The SMILES string of the molecule is O=C(O)[C@H](Cc1c[nH]c2ccccc12)NCc1ccccc1OCc1ccc(Cl)cc1Cl. The number of carbonyl (C=O) groups is 1. The third kappa shape index (κ3) is 5.25. The van der Waals surface area contributed by atoms with Crippen LogP contribution in [0.5, 0.6) is 5.75 Å². The van der Waals surface area contributed by atoms with Gasteiger partial charge in [0, 0.05) is 51.2 Å². The first-order valence-corrected chi connectivity index (χ1v) is 10.9. The molecule has 3 N–H and O–H groups in total. The zero-order valence-corrected chi connectivity index (χ0v) is 18.7. The highest BCUT2D eigenvalue weighted by Crippen LogP contribution is 2.25. The first-order chi connectivity index (χ1) is 15.5. The molecule has 0 aliphatic carbocycles. The predicted molar refractivity (Wildman–Crippen MR) is 128 cm³/mol. The van der Waals surface area contributed by atoms with Crippen molar-refractivity contribution >= 4 is 40.1 Å². The van der Waals surface area contributed by atoms with E-state index in [4.69, 9.17) is 27.9 Å². The van der Waals surface area contributed by atoms with Crippen LogP contribution < -0.4 is 10.1 Å². The van der Waals surface area contributed by atoms with Gasteiger partial charge in [-0.05, 0) is 29.8 Å². The van der Waals surface area contributed by atoms with E-state index in [1.165, 1.54) is 0 Å². The van der Waals surface area contributed by atoms with Gasteiger partial charge in [-0.2, -0.15) is 0 Å². The van der Waals surface area contributed by atoms with Crippen LogP contribution in [0.3, 0.4) is 0 Å². The highest BCUT2D eigenvalue weighted by atomic mass is 35.5. The number of hydrogen-bond acceptors (Lipinski definition) is 3. The van der Waals surface area contributed by atoms with Gasteiger partial charge in [0.1, 0.15) is 18.4 Å². The van der Waals surface area contributed by atoms with Crippen molar-refractivity contribution in [2.24, 2.45) is 0 Å². The summed E-state index contributed by atoms with van der Waals surface area (Å²) in [5, 5.41) is 15.1. The first kappa shape index (κ1) is 22.2. The van der Waals surface area contributed by atoms with Crippen LogP contribution in [0.25, 0.3) is 10.9 Å². The Bertz CT molecular complexity index is 1240. The van der Waals surface area contributed by atoms with E-state index in [-0.39, 0.29) is 6.61 Å². The van der Waals surface area contributed by atoms with E-state index >= 15 is 0 Å². The number of carboxylic acids is 1. The Morgan fingerprint density at radius 1 is 1.00 bits per heavy atom. The summed E-state index contributed by atoms with van der Waals surface area (Å²) < 4.78 is 5.98. The van der Waals surface area contributed by atoms with Crippen LogP contribution in [-0.2, 0) is 24.4 Å². The van der Waals surface area contributed by atoms with E-state index in [1.807, 2.05) is 60.8 Å². The Kier molecular flexibility index (Phi) is 7.00. The van der Waals surface area contributed by atoms with Crippen molar-refractivity contribution in [2.45, 2.75) is 25.6 Å². The molecular formula is C25H22Cl2N2O3. The third-order valence-corrected chi connectivity index (χ3v) is 5.89. The Labute approximate surface area is 195 Å². The largest absolute Gasteiger partial charge is 0.489 e. The number of rotatable bonds is 9. The molecule has 5 nitrogen and oxygen atoms in total. The summed E-state index contributed by atoms with van der Waals surface area (Å²) in [5.41, 5.74) is 3.64. The van der Waals surface area contributed by atoms with Crippen LogP contribution in [0.15, 0.2) is 72.9 Å². The topological polar surface area (TPSA) is 74.3 Å². The van der Waals surface area contributed by atoms with Gasteiger partial charge in [-0.15, -0.1) is 0 Å². The maximum absolute atomic E-state index is 11.9. The van der Waals surface area contributed by atoms with Gasteiger partial charge >= 0.3 is 5.97 Å². The fourth-order valence-corrected chi connectivity index (χ4v) is 4.05. The monoisotopic (exact) mass is 468 g/mol. The second-order valence-corrected chi connectivity index (χ2v) is 8.31. The van der Waals surface area contributed by atoms with Crippen LogP contribution in [-0.4, -0.2) is 22.1 Å². The zero-order valence-electron chi connectivity index (χ0n) is 17.1. The Hall–Kier alpha value is -2.99. The quantitative estimate of drug-likeness (QED) is 0.288. The Morgan fingerprint density at radius 2 is 1.78 bits per heavy atom. The van der Waals surface area contributed by atoms with E-state index in [1.54, 1.807) is 12.1 Å². The minimum absolute atomic E-state index is 0.282. The third-order valence-electron chi connectivity index (χ3n) is 5.31. The molecule has 1 atom stereocenters. The van der Waals surface area contributed by atoms with E-state index in [0.717, 1.165) is 27.6 Å². The van der Waals surface area contributed by atoms with E-state index in [2.05, 4.69) is 10.3 Å². The smallest absolute Gasteiger partial charge is 0.321 e. The van der Waals surface area contributed by atoms with Gasteiger partial charge in [0.25, 0.3) is 0 Å².